The number of aromatic hydroxyl groups is 1. The molecule has 1 unspecified atom stereocenters. The first-order valence-electron chi connectivity index (χ1n) is 5.21. The van der Waals surface area contributed by atoms with Gasteiger partial charge in [0.05, 0.1) is 12.1 Å². The van der Waals surface area contributed by atoms with Gasteiger partial charge in [0.25, 0.3) is 0 Å². The Kier molecular flexibility index (Phi) is 2.89. The number of phenolic OH excluding ortho intramolecular Hbond substituents is 1. The molecule has 1 fully saturated rings. The van der Waals surface area contributed by atoms with Gasteiger partial charge < -0.3 is 5.11 Å². The molecule has 1 heterocycles. The van der Waals surface area contributed by atoms with Crippen molar-refractivity contribution in [2.75, 3.05) is 6.54 Å². The Morgan fingerprint density at radius 1 is 1.53 bits per heavy atom. The zero-order valence-electron chi connectivity index (χ0n) is 8.56. The van der Waals surface area contributed by atoms with E-state index >= 15 is 0 Å². The third kappa shape index (κ3) is 2.28. The highest BCUT2D eigenvalue weighted by Gasteiger charge is 2.23. The van der Waals surface area contributed by atoms with E-state index < -0.39 is 0 Å². The molecule has 0 aromatic heterocycles. The molecule has 3 nitrogen and oxygen atoms in total. The maximum Gasteiger partial charge on any atom is 0.115 e. The lowest BCUT2D eigenvalue weighted by atomic mass is 10.2. The average Bonchev–Trinajstić information content (AvgIpc) is 2.65. The zero-order chi connectivity index (χ0) is 10.7. The highest BCUT2D eigenvalue weighted by Crippen LogP contribution is 2.20. The molecule has 0 bridgehead atoms. The van der Waals surface area contributed by atoms with Crippen molar-refractivity contribution in [2.45, 2.75) is 25.4 Å². The third-order valence-corrected chi connectivity index (χ3v) is 2.81. The Bertz CT molecular complexity index is 383. The van der Waals surface area contributed by atoms with Crippen LogP contribution in [-0.2, 0) is 6.54 Å². The van der Waals surface area contributed by atoms with Crippen LogP contribution in [0.4, 0.5) is 0 Å². The minimum Gasteiger partial charge on any atom is -0.508 e. The molecule has 1 atom stereocenters. The van der Waals surface area contributed by atoms with Crippen LogP contribution in [0.1, 0.15) is 18.4 Å². The summed E-state index contributed by atoms with van der Waals surface area (Å²) >= 11 is 0. The largest absolute Gasteiger partial charge is 0.508 e. The van der Waals surface area contributed by atoms with Gasteiger partial charge in [-0.1, -0.05) is 12.1 Å². The number of nitriles is 1. The highest BCUT2D eigenvalue weighted by atomic mass is 16.3. The summed E-state index contributed by atoms with van der Waals surface area (Å²) in [6, 6.07) is 9.59. The molecule has 1 aromatic rings. The van der Waals surface area contributed by atoms with Crippen LogP contribution in [0.2, 0.25) is 0 Å². The van der Waals surface area contributed by atoms with Gasteiger partial charge in [-0.2, -0.15) is 5.26 Å². The van der Waals surface area contributed by atoms with Gasteiger partial charge in [-0.15, -0.1) is 0 Å². The number of phenols is 1. The molecule has 0 aliphatic carbocycles. The predicted molar refractivity (Wildman–Crippen MR) is 57.2 cm³/mol. The van der Waals surface area contributed by atoms with Gasteiger partial charge in [-0.3, -0.25) is 4.90 Å². The van der Waals surface area contributed by atoms with Crippen molar-refractivity contribution in [3.05, 3.63) is 29.8 Å². The third-order valence-electron chi connectivity index (χ3n) is 2.81. The molecule has 15 heavy (non-hydrogen) atoms. The number of likely N-dealkylation sites (tertiary alicyclic amines) is 1. The van der Waals surface area contributed by atoms with E-state index in [-0.39, 0.29) is 6.04 Å². The van der Waals surface area contributed by atoms with Crippen molar-refractivity contribution in [3.8, 4) is 11.8 Å². The first-order chi connectivity index (χ1) is 7.29. The standard InChI is InChI=1S/C12H14N2O/c13-8-11-4-2-6-14(11)9-10-3-1-5-12(15)7-10/h1,3,5,7,11,15H,2,4,6,9H2. The summed E-state index contributed by atoms with van der Waals surface area (Å²) < 4.78 is 0. The molecule has 1 N–H and O–H groups in total. The van der Waals surface area contributed by atoms with Crippen molar-refractivity contribution in [3.63, 3.8) is 0 Å². The first-order valence-corrected chi connectivity index (χ1v) is 5.21. The molecular weight excluding hydrogens is 188 g/mol. The predicted octanol–water partition coefficient (Wildman–Crippen LogP) is 1.88. The fraction of sp³-hybridized carbons (Fsp3) is 0.417. The van der Waals surface area contributed by atoms with E-state index in [0.29, 0.717) is 5.75 Å². The molecule has 78 valence electrons. The minimum atomic E-state index is 0.0485. The minimum absolute atomic E-state index is 0.0485. The van der Waals surface area contributed by atoms with E-state index in [0.717, 1.165) is 31.5 Å². The van der Waals surface area contributed by atoms with E-state index in [2.05, 4.69) is 11.0 Å². The Labute approximate surface area is 89.6 Å². The van der Waals surface area contributed by atoms with Gasteiger partial charge >= 0.3 is 0 Å². The molecular formula is C12H14N2O. The number of rotatable bonds is 2. The summed E-state index contributed by atoms with van der Waals surface area (Å²) in [7, 11) is 0. The Morgan fingerprint density at radius 2 is 2.40 bits per heavy atom. The highest BCUT2D eigenvalue weighted by molar-refractivity contribution is 5.27. The number of nitrogens with zero attached hydrogens (tertiary/aromatic N) is 2. The maximum absolute atomic E-state index is 9.33. The van der Waals surface area contributed by atoms with Gasteiger partial charge in [-0.05, 0) is 37.1 Å². The molecule has 1 aliphatic rings. The first kappa shape index (κ1) is 10.0. The van der Waals surface area contributed by atoms with Gasteiger partial charge in [0, 0.05) is 6.54 Å². The number of benzene rings is 1. The molecule has 2 rings (SSSR count). The van der Waals surface area contributed by atoms with Crippen molar-refractivity contribution >= 4 is 0 Å². The molecule has 1 aliphatic heterocycles. The van der Waals surface area contributed by atoms with E-state index in [1.165, 1.54) is 0 Å². The number of hydrogen-bond donors (Lipinski definition) is 1. The van der Waals surface area contributed by atoms with Crippen LogP contribution in [0.3, 0.4) is 0 Å². The zero-order valence-corrected chi connectivity index (χ0v) is 8.56. The van der Waals surface area contributed by atoms with Gasteiger partial charge in [-0.25, -0.2) is 0 Å². The second kappa shape index (κ2) is 4.33. The normalized spacial score (nSPS) is 21.4. The molecule has 0 radical (unpaired) electrons. The average molecular weight is 202 g/mol. The van der Waals surface area contributed by atoms with Crippen molar-refractivity contribution in [1.82, 2.24) is 4.90 Å². The monoisotopic (exact) mass is 202 g/mol. The summed E-state index contributed by atoms with van der Waals surface area (Å²) in [5, 5.41) is 18.3. The van der Waals surface area contributed by atoms with E-state index in [4.69, 9.17) is 5.26 Å². The lowest BCUT2D eigenvalue weighted by molar-refractivity contribution is 0.286. The van der Waals surface area contributed by atoms with Crippen LogP contribution in [0.25, 0.3) is 0 Å². The summed E-state index contributed by atoms with van der Waals surface area (Å²) in [6.07, 6.45) is 2.06. The molecule has 1 saturated heterocycles. The van der Waals surface area contributed by atoms with Crippen LogP contribution in [-0.4, -0.2) is 22.6 Å². The Morgan fingerprint density at radius 3 is 3.13 bits per heavy atom. The van der Waals surface area contributed by atoms with Gasteiger partial charge in [0.2, 0.25) is 0 Å². The molecule has 0 spiro atoms. The summed E-state index contributed by atoms with van der Waals surface area (Å²) in [5.41, 5.74) is 1.07. The maximum atomic E-state index is 9.33. The van der Waals surface area contributed by atoms with E-state index in [9.17, 15) is 5.11 Å². The van der Waals surface area contributed by atoms with Gasteiger partial charge in [0.1, 0.15) is 5.75 Å². The second-order valence-corrected chi connectivity index (χ2v) is 3.93. The lowest BCUT2D eigenvalue weighted by Gasteiger charge is -2.18. The Balaban J connectivity index is 2.06. The van der Waals surface area contributed by atoms with Crippen LogP contribution in [0.5, 0.6) is 5.75 Å². The molecule has 0 saturated carbocycles. The Hall–Kier alpha value is -1.53. The van der Waals surface area contributed by atoms with E-state index in [1.807, 2.05) is 12.1 Å². The fourth-order valence-electron chi connectivity index (χ4n) is 2.05. The number of hydrogen-bond acceptors (Lipinski definition) is 3. The van der Waals surface area contributed by atoms with Crippen molar-refractivity contribution in [1.29, 1.82) is 5.26 Å². The summed E-state index contributed by atoms with van der Waals surface area (Å²) in [4.78, 5) is 2.16. The smallest absolute Gasteiger partial charge is 0.115 e. The topological polar surface area (TPSA) is 47.3 Å². The van der Waals surface area contributed by atoms with Crippen molar-refractivity contribution in [2.24, 2.45) is 0 Å². The van der Waals surface area contributed by atoms with Crippen LogP contribution in [0, 0.1) is 11.3 Å². The van der Waals surface area contributed by atoms with Crippen molar-refractivity contribution < 1.29 is 5.11 Å². The second-order valence-electron chi connectivity index (χ2n) is 3.93. The summed E-state index contributed by atoms with van der Waals surface area (Å²) in [5.74, 6) is 0.292. The van der Waals surface area contributed by atoms with Crippen LogP contribution >= 0.6 is 0 Å². The van der Waals surface area contributed by atoms with Gasteiger partial charge in [0.15, 0.2) is 0 Å². The van der Waals surface area contributed by atoms with E-state index in [1.54, 1.807) is 12.1 Å². The fourth-order valence-corrected chi connectivity index (χ4v) is 2.05. The van der Waals surface area contributed by atoms with Crippen LogP contribution < -0.4 is 0 Å². The molecule has 1 aromatic carbocycles. The molecule has 3 heteroatoms. The summed E-state index contributed by atoms with van der Waals surface area (Å²) in [6.45, 7) is 1.74. The van der Waals surface area contributed by atoms with Crippen LogP contribution in [0.15, 0.2) is 24.3 Å². The SMILES string of the molecule is N#CC1CCCN1Cc1cccc(O)c1. The molecule has 0 amide bonds. The quantitative estimate of drug-likeness (QED) is 0.796. The lowest BCUT2D eigenvalue weighted by Crippen LogP contribution is -2.27.